The number of carbonyl (C=O) groups is 1. The van der Waals surface area contributed by atoms with Crippen LogP contribution in [0, 0.1) is 17.3 Å². The molecule has 1 atom stereocenters. The number of rotatable bonds is 6. The van der Waals surface area contributed by atoms with Crippen LogP contribution >= 0.6 is 0 Å². The first kappa shape index (κ1) is 16.4. The Balaban J connectivity index is 4.35. The fraction of sp³-hybridized carbons (Fsp3) is 0.929. The second kappa shape index (κ2) is 7.00. The molecule has 0 aromatic rings. The number of carbonyl (C=O) groups excluding carboxylic acids is 1. The maximum atomic E-state index is 12.3. The molecule has 0 bridgehead atoms. The third-order valence-corrected chi connectivity index (χ3v) is 3.12. The number of nitrogens with one attached hydrogen (secondary N) is 1. The Morgan fingerprint density at radius 2 is 1.82 bits per heavy atom. The van der Waals surface area contributed by atoms with Gasteiger partial charge in [0, 0.05) is 20.1 Å². The molecule has 3 nitrogen and oxygen atoms in total. The van der Waals surface area contributed by atoms with Gasteiger partial charge in [-0.1, -0.05) is 34.6 Å². The summed E-state index contributed by atoms with van der Waals surface area (Å²) in [6, 6.07) is 0. The molecule has 0 spiro atoms. The predicted molar refractivity (Wildman–Crippen MR) is 74.0 cm³/mol. The lowest BCUT2D eigenvalue weighted by molar-refractivity contribution is -0.135. The van der Waals surface area contributed by atoms with Crippen molar-refractivity contribution in [3.63, 3.8) is 0 Å². The monoisotopic (exact) mass is 242 g/mol. The Hall–Kier alpha value is -0.570. The van der Waals surface area contributed by atoms with E-state index in [4.69, 9.17) is 0 Å². The van der Waals surface area contributed by atoms with Crippen LogP contribution in [0.1, 0.15) is 41.0 Å². The summed E-state index contributed by atoms with van der Waals surface area (Å²) in [7, 11) is 3.82. The van der Waals surface area contributed by atoms with Crippen molar-refractivity contribution in [3.05, 3.63) is 0 Å². The summed E-state index contributed by atoms with van der Waals surface area (Å²) in [5.41, 5.74) is 0.283. The summed E-state index contributed by atoms with van der Waals surface area (Å²) < 4.78 is 0. The second-order valence-electron chi connectivity index (χ2n) is 6.48. The van der Waals surface area contributed by atoms with Crippen LogP contribution in [0.3, 0.4) is 0 Å². The molecule has 0 saturated heterocycles. The molecular weight excluding hydrogens is 212 g/mol. The molecule has 0 saturated carbocycles. The number of hydrogen-bond donors (Lipinski definition) is 1. The summed E-state index contributed by atoms with van der Waals surface area (Å²) in [6.45, 7) is 12.4. The van der Waals surface area contributed by atoms with E-state index in [9.17, 15) is 4.79 Å². The van der Waals surface area contributed by atoms with Gasteiger partial charge in [0.2, 0.25) is 5.91 Å². The minimum atomic E-state index is 0.0879. The Bertz CT molecular complexity index is 231. The average Bonchev–Trinajstić information content (AvgIpc) is 2.20. The van der Waals surface area contributed by atoms with E-state index >= 15 is 0 Å². The van der Waals surface area contributed by atoms with E-state index in [2.05, 4.69) is 39.9 Å². The molecule has 3 heteroatoms. The predicted octanol–water partition coefficient (Wildman–Crippen LogP) is 2.37. The lowest BCUT2D eigenvalue weighted by Gasteiger charge is -2.28. The number of nitrogens with zero attached hydrogens (tertiary/aromatic N) is 1. The zero-order valence-corrected chi connectivity index (χ0v) is 12.6. The van der Waals surface area contributed by atoms with E-state index in [1.165, 1.54) is 0 Å². The molecule has 1 unspecified atom stereocenters. The molecule has 0 aliphatic heterocycles. The lowest BCUT2D eigenvalue weighted by Crippen LogP contribution is -2.41. The van der Waals surface area contributed by atoms with E-state index < -0.39 is 0 Å². The zero-order valence-electron chi connectivity index (χ0n) is 12.6. The van der Waals surface area contributed by atoms with Crippen molar-refractivity contribution in [2.24, 2.45) is 17.3 Å². The Labute approximate surface area is 107 Å². The third-order valence-electron chi connectivity index (χ3n) is 3.12. The molecule has 0 rings (SSSR count). The molecular formula is C14H30N2O. The van der Waals surface area contributed by atoms with E-state index in [0.29, 0.717) is 5.92 Å². The van der Waals surface area contributed by atoms with Crippen LogP contribution in [0.2, 0.25) is 0 Å². The number of hydrogen-bond acceptors (Lipinski definition) is 2. The van der Waals surface area contributed by atoms with Crippen LogP contribution in [0.25, 0.3) is 0 Å². The summed E-state index contributed by atoms with van der Waals surface area (Å²) in [6.07, 6.45) is 1.04. The molecule has 17 heavy (non-hydrogen) atoms. The van der Waals surface area contributed by atoms with Gasteiger partial charge in [0.25, 0.3) is 0 Å². The first-order valence-corrected chi connectivity index (χ1v) is 6.58. The summed E-state index contributed by atoms with van der Waals surface area (Å²) in [5, 5.41) is 3.11. The molecule has 0 aliphatic rings. The standard InChI is InChI=1S/C14H30N2O/c1-11(2)12(10-15-6)13(17)16(7)9-8-14(3,4)5/h11-12,15H,8-10H2,1-7H3. The highest BCUT2D eigenvalue weighted by Gasteiger charge is 2.25. The molecule has 1 amide bonds. The van der Waals surface area contributed by atoms with Gasteiger partial charge in [-0.3, -0.25) is 4.79 Å². The van der Waals surface area contributed by atoms with E-state index in [1.807, 2.05) is 19.0 Å². The summed E-state index contributed by atoms with van der Waals surface area (Å²) in [4.78, 5) is 14.2. The quantitative estimate of drug-likeness (QED) is 0.775. The normalized spacial score (nSPS) is 13.9. The van der Waals surface area contributed by atoms with Gasteiger partial charge in [-0.05, 0) is 24.8 Å². The average molecular weight is 242 g/mol. The van der Waals surface area contributed by atoms with Crippen molar-refractivity contribution in [2.45, 2.75) is 41.0 Å². The van der Waals surface area contributed by atoms with Crippen molar-refractivity contribution in [1.82, 2.24) is 10.2 Å². The third kappa shape index (κ3) is 6.67. The first-order chi connectivity index (χ1) is 7.69. The highest BCUT2D eigenvalue weighted by atomic mass is 16.2. The van der Waals surface area contributed by atoms with Crippen LogP contribution in [-0.2, 0) is 4.79 Å². The maximum Gasteiger partial charge on any atom is 0.226 e. The van der Waals surface area contributed by atoms with Gasteiger partial charge in [0.15, 0.2) is 0 Å². The van der Waals surface area contributed by atoms with Crippen molar-refractivity contribution >= 4 is 5.91 Å². The lowest BCUT2D eigenvalue weighted by atomic mass is 9.91. The SMILES string of the molecule is CNCC(C(=O)N(C)CCC(C)(C)C)C(C)C. The Kier molecular flexibility index (Phi) is 6.76. The van der Waals surface area contributed by atoms with Gasteiger partial charge in [0.05, 0.1) is 5.92 Å². The first-order valence-electron chi connectivity index (χ1n) is 6.58. The fourth-order valence-electron chi connectivity index (χ4n) is 1.72. The van der Waals surface area contributed by atoms with E-state index in [0.717, 1.165) is 19.5 Å². The highest BCUT2D eigenvalue weighted by Crippen LogP contribution is 2.20. The molecule has 0 aromatic heterocycles. The van der Waals surface area contributed by atoms with E-state index in [1.54, 1.807) is 0 Å². The maximum absolute atomic E-state index is 12.3. The highest BCUT2D eigenvalue weighted by molar-refractivity contribution is 5.79. The molecule has 1 N–H and O–H groups in total. The Morgan fingerprint density at radius 3 is 2.18 bits per heavy atom. The molecule has 0 heterocycles. The van der Waals surface area contributed by atoms with Gasteiger partial charge < -0.3 is 10.2 Å². The smallest absolute Gasteiger partial charge is 0.226 e. The topological polar surface area (TPSA) is 32.3 Å². The van der Waals surface area contributed by atoms with Crippen molar-refractivity contribution in [3.8, 4) is 0 Å². The Morgan fingerprint density at radius 1 is 1.29 bits per heavy atom. The zero-order chi connectivity index (χ0) is 13.6. The molecule has 0 radical (unpaired) electrons. The summed E-state index contributed by atoms with van der Waals surface area (Å²) >= 11 is 0. The largest absolute Gasteiger partial charge is 0.345 e. The number of amides is 1. The second-order valence-corrected chi connectivity index (χ2v) is 6.48. The van der Waals surface area contributed by atoms with Gasteiger partial charge in [0.1, 0.15) is 0 Å². The molecule has 0 fully saturated rings. The van der Waals surface area contributed by atoms with Crippen molar-refractivity contribution in [1.29, 1.82) is 0 Å². The van der Waals surface area contributed by atoms with Crippen molar-refractivity contribution < 1.29 is 4.79 Å². The van der Waals surface area contributed by atoms with Gasteiger partial charge >= 0.3 is 0 Å². The molecule has 0 aromatic carbocycles. The summed E-state index contributed by atoms with van der Waals surface area (Å²) in [5.74, 6) is 0.732. The van der Waals surface area contributed by atoms with Crippen LogP contribution in [0.4, 0.5) is 0 Å². The van der Waals surface area contributed by atoms with Crippen LogP contribution in [0.15, 0.2) is 0 Å². The molecule has 0 aliphatic carbocycles. The van der Waals surface area contributed by atoms with Gasteiger partial charge in [-0.15, -0.1) is 0 Å². The van der Waals surface area contributed by atoms with Crippen LogP contribution in [-0.4, -0.2) is 38.0 Å². The fourth-order valence-corrected chi connectivity index (χ4v) is 1.72. The van der Waals surface area contributed by atoms with E-state index in [-0.39, 0.29) is 17.2 Å². The van der Waals surface area contributed by atoms with Gasteiger partial charge in [-0.25, -0.2) is 0 Å². The van der Waals surface area contributed by atoms with Crippen molar-refractivity contribution in [2.75, 3.05) is 27.2 Å². The van der Waals surface area contributed by atoms with Crippen LogP contribution in [0.5, 0.6) is 0 Å². The minimum Gasteiger partial charge on any atom is -0.345 e. The molecule has 102 valence electrons. The van der Waals surface area contributed by atoms with Crippen LogP contribution < -0.4 is 5.32 Å². The minimum absolute atomic E-state index is 0.0879. The van der Waals surface area contributed by atoms with Gasteiger partial charge in [-0.2, -0.15) is 0 Å².